The van der Waals surface area contributed by atoms with Gasteiger partial charge in [-0.2, -0.15) is 0 Å². The van der Waals surface area contributed by atoms with E-state index in [1.54, 1.807) is 0 Å². The Kier molecular flexibility index (Phi) is 7.13. The summed E-state index contributed by atoms with van der Waals surface area (Å²) < 4.78 is 34.2. The lowest BCUT2D eigenvalue weighted by Gasteiger charge is -2.05. The first kappa shape index (κ1) is 24.0. The molecule has 11 nitrogen and oxygen atoms in total. The first-order valence-corrected chi connectivity index (χ1v) is 11.0. The maximum Gasteiger partial charge on any atom is 0.341 e. The summed E-state index contributed by atoms with van der Waals surface area (Å²) in [7, 11) is 0. The minimum Gasteiger partial charge on any atom is -0.477 e. The number of rotatable bonds is 9. The van der Waals surface area contributed by atoms with Crippen molar-refractivity contribution in [3.8, 4) is 5.69 Å². The molecule has 4 rings (SSSR count). The van der Waals surface area contributed by atoms with Crippen LogP contribution in [0.25, 0.3) is 5.69 Å². The molecule has 0 bridgehead atoms. The number of hydrogen-bond acceptors (Lipinski definition) is 7. The van der Waals surface area contributed by atoms with E-state index in [2.05, 4.69) is 25.9 Å². The topological polar surface area (TPSA) is 152 Å². The van der Waals surface area contributed by atoms with Crippen LogP contribution >= 0.6 is 0 Å². The van der Waals surface area contributed by atoms with Gasteiger partial charge in [0.15, 0.2) is 11.6 Å². The Morgan fingerprint density at radius 2 is 1.86 bits per heavy atom. The molecular weight excluding hydrogens is 466 g/mol. The normalized spacial score (nSPS) is 13.7. The lowest BCUT2D eigenvalue weighted by Crippen LogP contribution is -2.30. The zero-order valence-corrected chi connectivity index (χ0v) is 18.5. The molecule has 1 aliphatic carbocycles. The number of aromatic nitrogens is 4. The molecule has 2 heterocycles. The molecule has 35 heavy (non-hydrogen) atoms. The number of amides is 2. The molecule has 0 unspecified atom stereocenters. The van der Waals surface area contributed by atoms with E-state index in [0.717, 1.165) is 42.5 Å². The van der Waals surface area contributed by atoms with E-state index < -0.39 is 29.1 Å². The molecule has 1 aliphatic rings. The second-order valence-corrected chi connectivity index (χ2v) is 8.08. The van der Waals surface area contributed by atoms with Crippen molar-refractivity contribution in [1.29, 1.82) is 0 Å². The number of carbonyl (C=O) groups is 3. The van der Waals surface area contributed by atoms with Crippen molar-refractivity contribution in [2.24, 2.45) is 0 Å². The van der Waals surface area contributed by atoms with E-state index in [4.69, 9.17) is 9.52 Å². The van der Waals surface area contributed by atoms with Crippen LogP contribution in [0, 0.1) is 11.6 Å². The van der Waals surface area contributed by atoms with Crippen LogP contribution < -0.4 is 10.6 Å². The number of halogens is 2. The Hall–Kier alpha value is -4.16. The zero-order valence-electron chi connectivity index (χ0n) is 18.5. The molecule has 184 valence electrons. The van der Waals surface area contributed by atoms with E-state index in [9.17, 15) is 23.2 Å². The largest absolute Gasteiger partial charge is 0.477 e. The molecule has 1 saturated carbocycles. The Morgan fingerprint density at radius 3 is 2.54 bits per heavy atom. The van der Waals surface area contributed by atoms with Gasteiger partial charge in [0.2, 0.25) is 5.91 Å². The summed E-state index contributed by atoms with van der Waals surface area (Å²) in [6.07, 6.45) is 6.90. The van der Waals surface area contributed by atoms with Gasteiger partial charge in [0, 0.05) is 31.0 Å². The quantitative estimate of drug-likeness (QED) is 0.415. The number of carboxylic acids is 1. The molecule has 3 N–H and O–H groups in total. The van der Waals surface area contributed by atoms with Crippen molar-refractivity contribution in [2.45, 2.75) is 44.6 Å². The molecule has 3 aromatic rings. The van der Waals surface area contributed by atoms with Gasteiger partial charge in [0.1, 0.15) is 29.2 Å². The number of carboxylic acid groups (broad SMARTS) is 1. The highest BCUT2D eigenvalue weighted by atomic mass is 19.1. The maximum atomic E-state index is 13.9. The van der Waals surface area contributed by atoms with Crippen LogP contribution in [0.2, 0.25) is 0 Å². The first-order valence-electron chi connectivity index (χ1n) is 11.0. The summed E-state index contributed by atoms with van der Waals surface area (Å²) in [5.74, 6) is -4.19. The zero-order chi connectivity index (χ0) is 24.9. The number of benzene rings is 1. The molecule has 0 spiro atoms. The highest BCUT2D eigenvalue weighted by Gasteiger charge is 2.23. The molecule has 0 atom stereocenters. The SMILES string of the molecule is O=C(CCNC(=O)c1coc(C2CCCC2)n1)NCc1cn(-c2cc(F)c(C(=O)O)c(F)c2)nn1. The van der Waals surface area contributed by atoms with Crippen molar-refractivity contribution in [2.75, 3.05) is 6.54 Å². The summed E-state index contributed by atoms with van der Waals surface area (Å²) in [4.78, 5) is 39.4. The second kappa shape index (κ2) is 10.4. The monoisotopic (exact) mass is 488 g/mol. The van der Waals surface area contributed by atoms with Crippen LogP contribution in [0.3, 0.4) is 0 Å². The standard InChI is InChI=1S/C22H22F2N6O5/c23-15-7-14(8-16(24)19(15)22(33)34)30-10-13(28-29-30)9-26-18(31)5-6-25-20(32)17-11-35-21(27-17)12-3-1-2-4-12/h7-8,10-12H,1-6,9H2,(H,25,32)(H,26,31)(H,33,34). The van der Waals surface area contributed by atoms with Gasteiger partial charge in [-0.15, -0.1) is 5.10 Å². The Balaban J connectivity index is 1.23. The summed E-state index contributed by atoms with van der Waals surface area (Å²) in [6, 6.07) is 1.63. The number of nitrogens with one attached hydrogen (secondary N) is 2. The van der Waals surface area contributed by atoms with E-state index in [0.29, 0.717) is 11.6 Å². The van der Waals surface area contributed by atoms with Gasteiger partial charge in [-0.25, -0.2) is 23.2 Å². The van der Waals surface area contributed by atoms with Crippen molar-refractivity contribution < 1.29 is 32.7 Å². The van der Waals surface area contributed by atoms with Gasteiger partial charge in [0.05, 0.1) is 18.4 Å². The molecular formula is C22H22F2N6O5. The van der Waals surface area contributed by atoms with E-state index in [1.165, 1.54) is 12.5 Å². The van der Waals surface area contributed by atoms with Crippen LogP contribution in [0.1, 0.15) is 70.5 Å². The average molecular weight is 488 g/mol. The molecule has 1 aromatic carbocycles. The fourth-order valence-corrected chi connectivity index (χ4v) is 3.81. The van der Waals surface area contributed by atoms with Gasteiger partial charge in [-0.3, -0.25) is 9.59 Å². The number of nitrogens with zero attached hydrogens (tertiary/aromatic N) is 4. The number of oxazole rings is 1. The van der Waals surface area contributed by atoms with E-state index >= 15 is 0 Å². The van der Waals surface area contributed by atoms with Crippen LogP contribution in [0.5, 0.6) is 0 Å². The van der Waals surface area contributed by atoms with Crippen molar-refractivity contribution in [1.82, 2.24) is 30.6 Å². The molecule has 1 fully saturated rings. The highest BCUT2D eigenvalue weighted by molar-refractivity contribution is 5.92. The van der Waals surface area contributed by atoms with Gasteiger partial charge in [-0.1, -0.05) is 18.1 Å². The molecule has 0 saturated heterocycles. The van der Waals surface area contributed by atoms with Gasteiger partial charge >= 0.3 is 5.97 Å². The summed E-state index contributed by atoms with van der Waals surface area (Å²) >= 11 is 0. The van der Waals surface area contributed by atoms with Crippen molar-refractivity contribution in [3.05, 3.63) is 59.1 Å². The van der Waals surface area contributed by atoms with E-state index in [1.807, 2.05) is 0 Å². The maximum absolute atomic E-state index is 13.9. The number of aromatic carboxylic acids is 1. The van der Waals surface area contributed by atoms with Crippen molar-refractivity contribution in [3.63, 3.8) is 0 Å². The molecule has 0 aliphatic heterocycles. The Morgan fingerprint density at radius 1 is 1.14 bits per heavy atom. The van der Waals surface area contributed by atoms with Gasteiger partial charge in [0.25, 0.3) is 5.91 Å². The number of hydrogen-bond donors (Lipinski definition) is 3. The minimum atomic E-state index is -1.72. The first-order chi connectivity index (χ1) is 16.8. The number of carbonyl (C=O) groups excluding carboxylic acids is 2. The van der Waals surface area contributed by atoms with Crippen LogP contribution in [-0.2, 0) is 11.3 Å². The molecule has 2 amide bonds. The Labute approximate surface area is 197 Å². The molecule has 2 aromatic heterocycles. The van der Waals surface area contributed by atoms with Crippen LogP contribution in [0.15, 0.2) is 29.0 Å². The predicted octanol–water partition coefficient (Wildman–Crippen LogP) is 2.33. The second-order valence-electron chi connectivity index (χ2n) is 8.08. The van der Waals surface area contributed by atoms with Crippen molar-refractivity contribution >= 4 is 17.8 Å². The predicted molar refractivity (Wildman–Crippen MR) is 115 cm³/mol. The highest BCUT2D eigenvalue weighted by Crippen LogP contribution is 2.33. The Bertz CT molecular complexity index is 1230. The van der Waals surface area contributed by atoms with E-state index in [-0.39, 0.29) is 42.7 Å². The fraction of sp³-hybridized carbons (Fsp3) is 0.364. The lowest BCUT2D eigenvalue weighted by atomic mass is 10.1. The van der Waals surface area contributed by atoms with Crippen LogP contribution in [-0.4, -0.2) is 49.4 Å². The minimum absolute atomic E-state index is 0.000281. The third-order valence-electron chi connectivity index (χ3n) is 5.61. The third kappa shape index (κ3) is 5.67. The average Bonchev–Trinajstić information content (AvgIpc) is 3.58. The summed E-state index contributed by atoms with van der Waals surface area (Å²) in [5, 5.41) is 21.6. The molecule has 0 radical (unpaired) electrons. The summed E-state index contributed by atoms with van der Waals surface area (Å²) in [5.41, 5.74) is -0.659. The fourth-order valence-electron chi connectivity index (χ4n) is 3.81. The third-order valence-corrected chi connectivity index (χ3v) is 5.61. The van der Waals surface area contributed by atoms with Gasteiger partial charge < -0.3 is 20.2 Å². The smallest absolute Gasteiger partial charge is 0.341 e. The van der Waals surface area contributed by atoms with Crippen LogP contribution in [0.4, 0.5) is 8.78 Å². The molecule has 13 heteroatoms. The lowest BCUT2D eigenvalue weighted by molar-refractivity contribution is -0.121. The summed E-state index contributed by atoms with van der Waals surface area (Å²) in [6.45, 7) is 0.0659. The van der Waals surface area contributed by atoms with Gasteiger partial charge in [-0.05, 0) is 12.8 Å².